The van der Waals surface area contributed by atoms with E-state index in [1.165, 1.54) is 11.1 Å². The monoisotopic (exact) mass is 253 g/mol. The second-order valence-electron chi connectivity index (χ2n) is 2.76. The maximum atomic E-state index is 5.69. The van der Waals surface area contributed by atoms with Crippen LogP contribution in [0.4, 0.5) is 5.69 Å². The fourth-order valence-electron chi connectivity index (χ4n) is 1.18. The summed E-state index contributed by atoms with van der Waals surface area (Å²) >= 11 is 5.12. The van der Waals surface area contributed by atoms with E-state index in [1.807, 2.05) is 18.2 Å². The van der Waals surface area contributed by atoms with Crippen molar-refractivity contribution in [2.45, 2.75) is 0 Å². The third-order valence-electron chi connectivity index (χ3n) is 1.79. The van der Waals surface area contributed by atoms with Crippen molar-refractivity contribution in [3.05, 3.63) is 39.5 Å². The average molecular weight is 254 g/mol. The highest BCUT2D eigenvalue weighted by Gasteiger charge is 2.00. The van der Waals surface area contributed by atoms with E-state index in [4.69, 9.17) is 5.73 Å². The molecule has 2 rings (SSSR count). The van der Waals surface area contributed by atoms with Gasteiger partial charge in [-0.25, -0.2) is 0 Å². The summed E-state index contributed by atoms with van der Waals surface area (Å²) in [6.07, 6.45) is 0. The smallest absolute Gasteiger partial charge is 0.0704 e. The van der Waals surface area contributed by atoms with E-state index in [0.29, 0.717) is 0 Å². The van der Waals surface area contributed by atoms with Gasteiger partial charge in [-0.05, 0) is 50.6 Å². The first-order valence-electron chi connectivity index (χ1n) is 3.85. The van der Waals surface area contributed by atoms with Gasteiger partial charge in [-0.15, -0.1) is 11.3 Å². The molecule has 1 aromatic carbocycles. The molecule has 1 aromatic heterocycles. The minimum atomic E-state index is 0.805. The van der Waals surface area contributed by atoms with Crippen molar-refractivity contribution in [2.75, 3.05) is 5.73 Å². The Kier molecular flexibility index (Phi) is 2.38. The number of benzene rings is 1. The summed E-state index contributed by atoms with van der Waals surface area (Å²) < 4.78 is 1.14. The molecular formula is C10H8BrNS. The molecule has 13 heavy (non-hydrogen) atoms. The number of anilines is 1. The molecule has 0 spiro atoms. The van der Waals surface area contributed by atoms with Gasteiger partial charge in [0.1, 0.15) is 0 Å². The van der Waals surface area contributed by atoms with Gasteiger partial charge in [0, 0.05) is 5.69 Å². The Hall–Kier alpha value is -0.800. The molecule has 0 unspecified atom stereocenters. The molecule has 0 saturated heterocycles. The van der Waals surface area contributed by atoms with Crippen LogP contribution in [0, 0.1) is 0 Å². The molecule has 1 heterocycles. The lowest BCUT2D eigenvalue weighted by Gasteiger charge is -1.98. The number of nitrogens with two attached hydrogens (primary N) is 1. The molecular weight excluding hydrogens is 246 g/mol. The molecule has 0 amide bonds. The van der Waals surface area contributed by atoms with Gasteiger partial charge in [0.25, 0.3) is 0 Å². The normalized spacial score (nSPS) is 10.2. The minimum absolute atomic E-state index is 0.805. The number of hydrogen-bond donors (Lipinski definition) is 1. The fraction of sp³-hybridized carbons (Fsp3) is 0. The van der Waals surface area contributed by atoms with Crippen molar-refractivity contribution < 1.29 is 0 Å². The highest BCUT2D eigenvalue weighted by Crippen LogP contribution is 2.29. The molecule has 2 aromatic rings. The molecule has 0 fully saturated rings. The standard InChI is InChI=1S/C10H8BrNS/c11-10-5-8(6-13-10)7-2-1-3-9(12)4-7/h1-6H,12H2. The maximum Gasteiger partial charge on any atom is 0.0704 e. The molecule has 0 radical (unpaired) electrons. The van der Waals surface area contributed by atoms with Crippen molar-refractivity contribution >= 4 is 33.0 Å². The van der Waals surface area contributed by atoms with Crippen molar-refractivity contribution in [2.24, 2.45) is 0 Å². The Bertz CT molecular complexity index is 422. The fourth-order valence-corrected chi connectivity index (χ4v) is 2.35. The van der Waals surface area contributed by atoms with Gasteiger partial charge in [-0.2, -0.15) is 0 Å². The Morgan fingerprint density at radius 2 is 2.00 bits per heavy atom. The Balaban J connectivity index is 2.46. The molecule has 0 atom stereocenters. The van der Waals surface area contributed by atoms with E-state index in [0.717, 1.165) is 9.47 Å². The molecule has 0 saturated carbocycles. The Labute approximate surface area is 89.3 Å². The highest BCUT2D eigenvalue weighted by atomic mass is 79.9. The number of rotatable bonds is 1. The third kappa shape index (κ3) is 1.92. The van der Waals surface area contributed by atoms with Crippen molar-refractivity contribution in [3.63, 3.8) is 0 Å². The van der Waals surface area contributed by atoms with Crippen LogP contribution in [0.2, 0.25) is 0 Å². The van der Waals surface area contributed by atoms with Crippen LogP contribution in [-0.4, -0.2) is 0 Å². The molecule has 0 aliphatic rings. The van der Waals surface area contributed by atoms with E-state index in [9.17, 15) is 0 Å². The lowest BCUT2D eigenvalue weighted by atomic mass is 10.1. The summed E-state index contributed by atoms with van der Waals surface area (Å²) in [5.41, 5.74) is 8.88. The van der Waals surface area contributed by atoms with Crippen LogP contribution in [0.25, 0.3) is 11.1 Å². The first kappa shape index (κ1) is 8.78. The predicted molar refractivity (Wildman–Crippen MR) is 61.9 cm³/mol. The largest absolute Gasteiger partial charge is 0.399 e. The third-order valence-corrected chi connectivity index (χ3v) is 3.29. The predicted octanol–water partition coefficient (Wildman–Crippen LogP) is 3.76. The van der Waals surface area contributed by atoms with Crippen LogP contribution in [0.3, 0.4) is 0 Å². The second-order valence-corrected chi connectivity index (χ2v) is 5.06. The van der Waals surface area contributed by atoms with E-state index >= 15 is 0 Å². The topological polar surface area (TPSA) is 26.0 Å². The van der Waals surface area contributed by atoms with Crippen molar-refractivity contribution in [3.8, 4) is 11.1 Å². The number of thiophene rings is 1. The number of halogens is 1. The molecule has 2 N–H and O–H groups in total. The SMILES string of the molecule is Nc1cccc(-c2csc(Br)c2)c1. The molecule has 1 nitrogen and oxygen atoms in total. The van der Waals surface area contributed by atoms with E-state index in [1.54, 1.807) is 11.3 Å². The highest BCUT2D eigenvalue weighted by molar-refractivity contribution is 9.11. The van der Waals surface area contributed by atoms with Gasteiger partial charge in [0.15, 0.2) is 0 Å². The number of hydrogen-bond acceptors (Lipinski definition) is 2. The quantitative estimate of drug-likeness (QED) is 0.770. The van der Waals surface area contributed by atoms with E-state index < -0.39 is 0 Å². The summed E-state index contributed by atoms with van der Waals surface area (Å²) in [5.74, 6) is 0. The van der Waals surface area contributed by atoms with Crippen molar-refractivity contribution in [1.29, 1.82) is 0 Å². The summed E-state index contributed by atoms with van der Waals surface area (Å²) in [4.78, 5) is 0. The minimum Gasteiger partial charge on any atom is -0.399 e. The van der Waals surface area contributed by atoms with Crippen LogP contribution in [-0.2, 0) is 0 Å². The zero-order chi connectivity index (χ0) is 9.26. The molecule has 0 aliphatic heterocycles. The van der Waals surface area contributed by atoms with Crippen LogP contribution < -0.4 is 5.73 Å². The van der Waals surface area contributed by atoms with Crippen LogP contribution in [0.15, 0.2) is 39.5 Å². The summed E-state index contributed by atoms with van der Waals surface area (Å²) in [7, 11) is 0. The van der Waals surface area contributed by atoms with Gasteiger partial charge in [-0.1, -0.05) is 12.1 Å². The lowest BCUT2D eigenvalue weighted by molar-refractivity contribution is 1.66. The van der Waals surface area contributed by atoms with Crippen LogP contribution in [0.5, 0.6) is 0 Å². The molecule has 3 heteroatoms. The van der Waals surface area contributed by atoms with E-state index in [2.05, 4.69) is 33.4 Å². The van der Waals surface area contributed by atoms with Gasteiger partial charge >= 0.3 is 0 Å². The zero-order valence-corrected chi connectivity index (χ0v) is 9.23. The number of nitrogen functional groups attached to an aromatic ring is 1. The molecule has 66 valence electrons. The molecule has 0 bridgehead atoms. The first-order chi connectivity index (χ1) is 6.25. The summed E-state index contributed by atoms with van der Waals surface area (Å²) in [6.45, 7) is 0. The summed E-state index contributed by atoms with van der Waals surface area (Å²) in [6, 6.07) is 10.00. The van der Waals surface area contributed by atoms with Crippen LogP contribution in [0.1, 0.15) is 0 Å². The first-order valence-corrected chi connectivity index (χ1v) is 5.53. The second kappa shape index (κ2) is 3.52. The van der Waals surface area contributed by atoms with Crippen LogP contribution >= 0.6 is 27.3 Å². The average Bonchev–Trinajstić information content (AvgIpc) is 2.52. The van der Waals surface area contributed by atoms with Crippen molar-refractivity contribution in [1.82, 2.24) is 0 Å². The zero-order valence-electron chi connectivity index (χ0n) is 6.83. The van der Waals surface area contributed by atoms with Gasteiger partial charge < -0.3 is 5.73 Å². The van der Waals surface area contributed by atoms with E-state index in [-0.39, 0.29) is 0 Å². The van der Waals surface area contributed by atoms with Gasteiger partial charge in [0.2, 0.25) is 0 Å². The Morgan fingerprint density at radius 3 is 2.62 bits per heavy atom. The summed E-state index contributed by atoms with van der Waals surface area (Å²) in [5, 5.41) is 2.11. The lowest BCUT2D eigenvalue weighted by Crippen LogP contribution is -1.83. The molecule has 0 aliphatic carbocycles. The maximum absolute atomic E-state index is 5.69. The van der Waals surface area contributed by atoms with Gasteiger partial charge in [-0.3, -0.25) is 0 Å². The van der Waals surface area contributed by atoms with Gasteiger partial charge in [0.05, 0.1) is 3.79 Å². The Morgan fingerprint density at radius 1 is 1.15 bits per heavy atom.